The van der Waals surface area contributed by atoms with E-state index in [4.69, 9.17) is 11.6 Å². The van der Waals surface area contributed by atoms with Gasteiger partial charge in [0.2, 0.25) is 10.0 Å². The molecule has 1 unspecified atom stereocenters. The third-order valence-corrected chi connectivity index (χ3v) is 7.56. The number of hydrogen-bond acceptors (Lipinski definition) is 4. The minimum Gasteiger partial charge on any atom is -0.322 e. The van der Waals surface area contributed by atoms with Gasteiger partial charge in [0.05, 0.1) is 4.90 Å². The highest BCUT2D eigenvalue weighted by Gasteiger charge is 2.32. The summed E-state index contributed by atoms with van der Waals surface area (Å²) in [7, 11) is -3.61. The van der Waals surface area contributed by atoms with Crippen LogP contribution in [0.2, 0.25) is 5.02 Å². The van der Waals surface area contributed by atoms with Crippen LogP contribution in [0.1, 0.15) is 49.4 Å². The van der Waals surface area contributed by atoms with Crippen molar-refractivity contribution in [2.24, 2.45) is 0 Å². The molecule has 1 aliphatic heterocycles. The van der Waals surface area contributed by atoms with Crippen LogP contribution in [-0.2, 0) is 10.0 Å². The number of rotatable bonds is 10. The average Bonchev–Trinajstić information content (AvgIpc) is 3.24. The first-order chi connectivity index (χ1) is 14.9. The molecule has 0 bridgehead atoms. The maximum atomic E-state index is 13.1. The molecule has 0 radical (unpaired) electrons. The number of hydrogen-bond donors (Lipinski definition) is 2. The van der Waals surface area contributed by atoms with Crippen LogP contribution in [0.4, 0.5) is 5.69 Å². The quantitative estimate of drug-likeness (QED) is 0.507. The van der Waals surface area contributed by atoms with Crippen molar-refractivity contribution in [1.29, 1.82) is 0 Å². The van der Waals surface area contributed by atoms with Crippen LogP contribution in [0.5, 0.6) is 0 Å². The molecule has 1 aliphatic rings. The Kier molecular flexibility index (Phi) is 8.49. The van der Waals surface area contributed by atoms with Gasteiger partial charge in [0.15, 0.2) is 0 Å². The molecule has 6 nitrogen and oxygen atoms in total. The third kappa shape index (κ3) is 6.53. The molecule has 3 rings (SSSR count). The van der Waals surface area contributed by atoms with Crippen molar-refractivity contribution in [2.75, 3.05) is 25.0 Å². The minimum absolute atomic E-state index is 0.184. The molecule has 1 atom stereocenters. The number of sulfonamides is 1. The van der Waals surface area contributed by atoms with Crippen molar-refractivity contribution in [2.45, 2.75) is 50.0 Å². The molecule has 2 aromatic carbocycles. The molecule has 1 saturated heterocycles. The van der Waals surface area contributed by atoms with Crippen molar-refractivity contribution in [3.8, 4) is 0 Å². The van der Waals surface area contributed by atoms with Crippen molar-refractivity contribution in [1.82, 2.24) is 9.62 Å². The molecule has 0 saturated carbocycles. The number of anilines is 1. The summed E-state index contributed by atoms with van der Waals surface area (Å²) in [5.74, 6) is -0.320. The molecule has 8 heteroatoms. The van der Waals surface area contributed by atoms with Gasteiger partial charge in [0.1, 0.15) is 0 Å². The summed E-state index contributed by atoms with van der Waals surface area (Å²) in [6.45, 7) is 4.07. The molecule has 168 valence electrons. The second-order valence-electron chi connectivity index (χ2n) is 7.85. The fourth-order valence-corrected chi connectivity index (χ4v) is 5.33. The molecular weight excluding hydrogens is 434 g/mol. The largest absolute Gasteiger partial charge is 0.322 e. The Morgan fingerprint density at radius 1 is 1.13 bits per heavy atom. The van der Waals surface area contributed by atoms with E-state index < -0.39 is 10.0 Å². The van der Waals surface area contributed by atoms with Crippen molar-refractivity contribution >= 4 is 33.2 Å². The van der Waals surface area contributed by atoms with Crippen LogP contribution in [-0.4, -0.2) is 44.3 Å². The molecular formula is C23H30ClN3O3S. The predicted octanol–water partition coefficient (Wildman–Crippen LogP) is 4.53. The number of amides is 1. The van der Waals surface area contributed by atoms with E-state index in [9.17, 15) is 13.2 Å². The van der Waals surface area contributed by atoms with Gasteiger partial charge < -0.3 is 10.6 Å². The smallest absolute Gasteiger partial charge is 0.255 e. The van der Waals surface area contributed by atoms with Crippen molar-refractivity contribution in [3.63, 3.8) is 0 Å². The zero-order valence-electron chi connectivity index (χ0n) is 17.8. The van der Waals surface area contributed by atoms with E-state index in [1.807, 2.05) is 0 Å². The van der Waals surface area contributed by atoms with Gasteiger partial charge in [-0.3, -0.25) is 4.79 Å². The lowest BCUT2D eigenvalue weighted by Crippen LogP contribution is -2.35. The van der Waals surface area contributed by atoms with Gasteiger partial charge in [-0.25, -0.2) is 8.42 Å². The molecule has 0 aliphatic carbocycles. The Morgan fingerprint density at radius 2 is 1.90 bits per heavy atom. The number of nitrogens with one attached hydrogen (secondary N) is 2. The topological polar surface area (TPSA) is 78.5 Å². The molecule has 1 heterocycles. The molecule has 0 aromatic heterocycles. The maximum absolute atomic E-state index is 13.1. The number of nitrogens with zero attached hydrogens (tertiary/aromatic N) is 1. The molecule has 1 fully saturated rings. The van der Waals surface area contributed by atoms with E-state index in [2.05, 4.69) is 17.6 Å². The Bertz CT molecular complexity index is 980. The molecule has 1 amide bonds. The predicted molar refractivity (Wildman–Crippen MR) is 125 cm³/mol. The summed E-state index contributed by atoms with van der Waals surface area (Å²) < 4.78 is 27.7. The number of carbonyl (C=O) groups excluding carboxylic acids is 1. The first-order valence-corrected chi connectivity index (χ1v) is 12.6. The summed E-state index contributed by atoms with van der Waals surface area (Å²) in [5.41, 5.74) is 0.885. The molecule has 31 heavy (non-hydrogen) atoms. The third-order valence-electron chi connectivity index (χ3n) is 5.45. The summed E-state index contributed by atoms with van der Waals surface area (Å²) in [5, 5.41) is 6.78. The SMILES string of the molecule is CCCCCCNC1CCN(S(=O)(=O)c2cccc(NC(=O)c3ccc(Cl)cc3)c2)C1. The van der Waals surface area contributed by atoms with E-state index in [0.29, 0.717) is 29.4 Å². The Balaban J connectivity index is 1.60. The lowest BCUT2D eigenvalue weighted by Gasteiger charge is -2.18. The Labute approximate surface area is 190 Å². The van der Waals surface area contributed by atoms with Crippen LogP contribution in [0.25, 0.3) is 0 Å². The summed E-state index contributed by atoms with van der Waals surface area (Å²) >= 11 is 5.86. The number of carbonyl (C=O) groups is 1. The molecule has 2 aromatic rings. The fourth-order valence-electron chi connectivity index (χ4n) is 3.66. The molecule has 2 N–H and O–H groups in total. The van der Waals surface area contributed by atoms with Crippen LogP contribution >= 0.6 is 11.6 Å². The van der Waals surface area contributed by atoms with E-state index in [1.165, 1.54) is 29.6 Å². The van der Waals surface area contributed by atoms with Gasteiger partial charge in [-0.15, -0.1) is 0 Å². The summed E-state index contributed by atoms with van der Waals surface area (Å²) in [6, 6.07) is 13.1. The highest BCUT2D eigenvalue weighted by atomic mass is 35.5. The fraction of sp³-hybridized carbons (Fsp3) is 0.435. The number of benzene rings is 2. The maximum Gasteiger partial charge on any atom is 0.255 e. The second kappa shape index (κ2) is 11.1. The van der Waals surface area contributed by atoms with Crippen molar-refractivity contribution < 1.29 is 13.2 Å². The first-order valence-electron chi connectivity index (χ1n) is 10.8. The van der Waals surface area contributed by atoms with Gasteiger partial charge in [0.25, 0.3) is 5.91 Å². The van der Waals surface area contributed by atoms with Crippen LogP contribution in [0.15, 0.2) is 53.4 Å². The van der Waals surface area contributed by atoms with Gasteiger partial charge in [-0.1, -0.05) is 43.9 Å². The Hall–Kier alpha value is -1.93. The van der Waals surface area contributed by atoms with E-state index >= 15 is 0 Å². The zero-order valence-corrected chi connectivity index (χ0v) is 19.4. The van der Waals surface area contributed by atoms with E-state index in [0.717, 1.165) is 19.4 Å². The lowest BCUT2D eigenvalue weighted by molar-refractivity contribution is 0.102. The lowest BCUT2D eigenvalue weighted by atomic mass is 10.2. The van der Waals surface area contributed by atoms with Crippen molar-refractivity contribution in [3.05, 3.63) is 59.1 Å². The van der Waals surface area contributed by atoms with Crippen LogP contribution in [0.3, 0.4) is 0 Å². The highest BCUT2D eigenvalue weighted by Crippen LogP contribution is 2.24. The van der Waals surface area contributed by atoms with Gasteiger partial charge >= 0.3 is 0 Å². The Morgan fingerprint density at radius 3 is 2.65 bits per heavy atom. The monoisotopic (exact) mass is 463 g/mol. The van der Waals surface area contributed by atoms with E-state index in [-0.39, 0.29) is 16.8 Å². The van der Waals surface area contributed by atoms with Gasteiger partial charge in [-0.2, -0.15) is 4.31 Å². The summed E-state index contributed by atoms with van der Waals surface area (Å²) in [4.78, 5) is 12.6. The summed E-state index contributed by atoms with van der Waals surface area (Å²) in [6.07, 6.45) is 5.56. The minimum atomic E-state index is -3.61. The number of unbranched alkanes of at least 4 members (excludes halogenated alkanes) is 3. The normalized spacial score (nSPS) is 17.0. The highest BCUT2D eigenvalue weighted by molar-refractivity contribution is 7.89. The average molecular weight is 464 g/mol. The molecule has 0 spiro atoms. The van der Waals surface area contributed by atoms with Gasteiger partial charge in [0, 0.05) is 35.4 Å². The standard InChI is InChI=1S/C23H30ClN3O3S/c1-2-3-4-5-14-25-21-13-15-27(17-21)31(29,30)22-8-6-7-20(16-22)26-23(28)18-9-11-19(24)12-10-18/h6-12,16,21,25H,2-5,13-15,17H2,1H3,(H,26,28). The first kappa shape index (κ1) is 23.7. The van der Waals surface area contributed by atoms with Gasteiger partial charge in [-0.05, 0) is 61.9 Å². The van der Waals surface area contributed by atoms with Crippen LogP contribution in [0, 0.1) is 0 Å². The zero-order chi connectivity index (χ0) is 22.3. The van der Waals surface area contributed by atoms with E-state index in [1.54, 1.807) is 42.5 Å². The number of halogens is 1. The second-order valence-corrected chi connectivity index (χ2v) is 10.2. The van der Waals surface area contributed by atoms with Crippen LogP contribution < -0.4 is 10.6 Å².